The summed E-state index contributed by atoms with van der Waals surface area (Å²) in [5.41, 5.74) is 15.9. The fourth-order valence-corrected chi connectivity index (χ4v) is 3.53. The lowest BCUT2D eigenvalue weighted by Gasteiger charge is -2.26. The maximum absolute atomic E-state index is 7.56. The number of hydrogen-bond acceptors (Lipinski definition) is 7. The molecule has 0 saturated carbocycles. The average Bonchev–Trinajstić information content (AvgIpc) is 2.75. The number of nitrogens with one attached hydrogen (secondary N) is 2. The number of aromatic nitrogens is 2. The molecule has 0 aliphatic carbocycles. The van der Waals surface area contributed by atoms with E-state index < -0.39 is 0 Å². The van der Waals surface area contributed by atoms with Crippen molar-refractivity contribution >= 4 is 28.4 Å². The number of rotatable bonds is 4. The summed E-state index contributed by atoms with van der Waals surface area (Å²) in [6.45, 7) is 2.15. The smallest absolute Gasteiger partial charge is 0.131 e. The number of anilines is 1. The second kappa shape index (κ2) is 7.75. The lowest BCUT2D eigenvalue weighted by atomic mass is 9.93. The molecular formula is C21H22N6O. The van der Waals surface area contributed by atoms with Crippen molar-refractivity contribution in [3.8, 4) is 11.1 Å². The molecule has 2 aromatic heterocycles. The van der Waals surface area contributed by atoms with Crippen molar-refractivity contribution in [3.63, 3.8) is 0 Å². The van der Waals surface area contributed by atoms with E-state index >= 15 is 0 Å². The van der Waals surface area contributed by atoms with Crippen molar-refractivity contribution in [1.29, 1.82) is 5.41 Å². The lowest BCUT2D eigenvalue weighted by Crippen LogP contribution is -2.34. The van der Waals surface area contributed by atoms with E-state index in [0.717, 1.165) is 40.6 Å². The van der Waals surface area contributed by atoms with Crippen LogP contribution in [0.5, 0.6) is 0 Å². The van der Waals surface area contributed by atoms with Crippen molar-refractivity contribution in [1.82, 2.24) is 15.3 Å². The fourth-order valence-electron chi connectivity index (χ4n) is 3.53. The second-order valence-electron chi connectivity index (χ2n) is 6.67. The van der Waals surface area contributed by atoms with Crippen LogP contribution in [0.1, 0.15) is 17.2 Å². The van der Waals surface area contributed by atoms with E-state index in [9.17, 15) is 0 Å². The molecule has 0 spiro atoms. The van der Waals surface area contributed by atoms with E-state index in [2.05, 4.69) is 27.4 Å². The number of benzene rings is 1. The summed E-state index contributed by atoms with van der Waals surface area (Å²) in [5, 5.41) is 13.3. The fraction of sp³-hybridized carbons (Fsp3) is 0.190. The second-order valence-corrected chi connectivity index (χ2v) is 6.67. The van der Waals surface area contributed by atoms with Crippen LogP contribution < -0.4 is 16.8 Å². The third kappa shape index (κ3) is 3.33. The van der Waals surface area contributed by atoms with Crippen LogP contribution in [-0.2, 0) is 4.74 Å². The van der Waals surface area contributed by atoms with Gasteiger partial charge in [-0.3, -0.25) is 4.98 Å². The van der Waals surface area contributed by atoms with Gasteiger partial charge in [0.1, 0.15) is 5.82 Å². The molecule has 1 atom stereocenters. The number of fused-ring (bicyclic) bond motifs is 1. The van der Waals surface area contributed by atoms with Crippen LogP contribution in [0.15, 0.2) is 49.1 Å². The van der Waals surface area contributed by atoms with Gasteiger partial charge in [0.2, 0.25) is 0 Å². The largest absolute Gasteiger partial charge is 0.404 e. The predicted molar refractivity (Wildman–Crippen MR) is 112 cm³/mol. The van der Waals surface area contributed by atoms with E-state index in [1.165, 1.54) is 12.4 Å². The molecule has 6 N–H and O–H groups in total. The zero-order chi connectivity index (χ0) is 19.5. The number of nitrogen functional groups attached to an aromatic ring is 1. The Morgan fingerprint density at radius 3 is 2.89 bits per heavy atom. The summed E-state index contributed by atoms with van der Waals surface area (Å²) in [6.07, 6.45) is 7.97. The summed E-state index contributed by atoms with van der Waals surface area (Å²) < 4.78 is 5.67. The van der Waals surface area contributed by atoms with E-state index in [0.29, 0.717) is 23.6 Å². The Bertz CT molecular complexity index is 1060. The summed E-state index contributed by atoms with van der Waals surface area (Å²) in [4.78, 5) is 8.62. The van der Waals surface area contributed by atoms with Crippen LogP contribution in [0.2, 0.25) is 0 Å². The van der Waals surface area contributed by atoms with E-state index in [4.69, 9.17) is 21.6 Å². The number of morpholine rings is 1. The number of hydrogen-bond donors (Lipinski definition) is 4. The molecule has 7 nitrogen and oxygen atoms in total. The number of allylic oxidation sites excluding steroid dienone is 1. The maximum atomic E-state index is 7.56. The Morgan fingerprint density at radius 2 is 2.14 bits per heavy atom. The Hall–Kier alpha value is -3.29. The van der Waals surface area contributed by atoms with Crippen molar-refractivity contribution in [2.75, 3.05) is 25.5 Å². The Morgan fingerprint density at radius 1 is 1.25 bits per heavy atom. The van der Waals surface area contributed by atoms with Crippen molar-refractivity contribution < 1.29 is 4.74 Å². The van der Waals surface area contributed by atoms with Gasteiger partial charge >= 0.3 is 0 Å². The topological polar surface area (TPSA) is 123 Å². The van der Waals surface area contributed by atoms with Gasteiger partial charge in [-0.2, -0.15) is 0 Å². The summed E-state index contributed by atoms with van der Waals surface area (Å²) in [6, 6.07) is 8.27. The van der Waals surface area contributed by atoms with Crippen LogP contribution in [0.4, 0.5) is 5.82 Å². The van der Waals surface area contributed by atoms with Gasteiger partial charge in [-0.05, 0) is 40.8 Å². The summed E-state index contributed by atoms with van der Waals surface area (Å²) >= 11 is 0. The molecule has 1 aliphatic rings. The van der Waals surface area contributed by atoms with Crippen LogP contribution in [0.3, 0.4) is 0 Å². The minimum absolute atomic E-state index is 0.0997. The van der Waals surface area contributed by atoms with Crippen molar-refractivity contribution in [2.24, 2.45) is 5.73 Å². The first kappa shape index (κ1) is 18.1. The molecule has 1 unspecified atom stereocenters. The first-order chi connectivity index (χ1) is 13.7. The van der Waals surface area contributed by atoms with Crippen LogP contribution in [0.25, 0.3) is 27.5 Å². The van der Waals surface area contributed by atoms with Gasteiger partial charge < -0.3 is 26.9 Å². The Kier molecular flexibility index (Phi) is 5.01. The summed E-state index contributed by atoms with van der Waals surface area (Å²) in [7, 11) is 0. The zero-order valence-corrected chi connectivity index (χ0v) is 15.4. The average molecular weight is 374 g/mol. The highest BCUT2D eigenvalue weighted by molar-refractivity contribution is 6.10. The van der Waals surface area contributed by atoms with Crippen LogP contribution >= 0.6 is 0 Å². The lowest BCUT2D eigenvalue weighted by molar-refractivity contribution is 0.0773. The minimum atomic E-state index is 0.0997. The molecule has 4 rings (SSSR count). The quantitative estimate of drug-likeness (QED) is 0.520. The van der Waals surface area contributed by atoms with E-state index in [1.54, 1.807) is 12.4 Å². The molecule has 0 bridgehead atoms. The molecule has 28 heavy (non-hydrogen) atoms. The maximum Gasteiger partial charge on any atom is 0.131 e. The third-order valence-electron chi connectivity index (χ3n) is 4.98. The monoisotopic (exact) mass is 374 g/mol. The van der Waals surface area contributed by atoms with Gasteiger partial charge in [0.15, 0.2) is 0 Å². The molecule has 0 radical (unpaired) electrons. The Balaban J connectivity index is 1.87. The standard InChI is InChI=1S/C21H22N6O/c22-8-16(9-23)17-7-15(10-27-21(17)24)14-5-13-1-2-25-11-19(13)18(6-14)20-12-28-4-3-26-20/h1-2,5-11,20,22,26H,3-4,12,23H2,(H2,24,27). The molecule has 1 aromatic carbocycles. The van der Waals surface area contributed by atoms with Crippen molar-refractivity contribution in [3.05, 3.63) is 60.2 Å². The number of ether oxygens (including phenoxy) is 1. The molecule has 3 aromatic rings. The molecule has 1 saturated heterocycles. The van der Waals surface area contributed by atoms with E-state index in [1.807, 2.05) is 18.3 Å². The number of nitrogens with two attached hydrogens (primary N) is 2. The van der Waals surface area contributed by atoms with Gasteiger partial charge in [-0.15, -0.1) is 0 Å². The zero-order valence-electron chi connectivity index (χ0n) is 15.4. The molecule has 1 fully saturated rings. The van der Waals surface area contributed by atoms with Gasteiger partial charge in [-0.1, -0.05) is 0 Å². The minimum Gasteiger partial charge on any atom is -0.404 e. The number of pyridine rings is 2. The third-order valence-corrected chi connectivity index (χ3v) is 4.98. The highest BCUT2D eigenvalue weighted by Crippen LogP contribution is 2.33. The summed E-state index contributed by atoms with van der Waals surface area (Å²) in [5.74, 6) is 0.344. The van der Waals surface area contributed by atoms with Crippen LogP contribution in [-0.4, -0.2) is 35.9 Å². The SMILES string of the molecule is N=CC(=CN)c1cc(-c2cc(C3COCCN3)c3cnccc3c2)cnc1N. The Labute approximate surface area is 162 Å². The van der Waals surface area contributed by atoms with Crippen LogP contribution in [0, 0.1) is 5.41 Å². The highest BCUT2D eigenvalue weighted by Gasteiger charge is 2.19. The molecule has 3 heterocycles. The van der Waals surface area contributed by atoms with Gasteiger partial charge in [0.05, 0.1) is 19.3 Å². The first-order valence-electron chi connectivity index (χ1n) is 9.08. The first-order valence-corrected chi connectivity index (χ1v) is 9.08. The normalized spacial score (nSPS) is 17.6. The molecule has 0 amide bonds. The van der Waals surface area contributed by atoms with Gasteiger partial charge in [0.25, 0.3) is 0 Å². The van der Waals surface area contributed by atoms with E-state index in [-0.39, 0.29) is 6.04 Å². The molecule has 1 aliphatic heterocycles. The van der Waals surface area contributed by atoms with Crippen molar-refractivity contribution in [2.45, 2.75) is 6.04 Å². The number of nitrogens with zero attached hydrogens (tertiary/aromatic N) is 2. The predicted octanol–water partition coefficient (Wildman–Crippen LogP) is 2.49. The molecule has 7 heteroatoms. The molecule has 142 valence electrons. The highest BCUT2D eigenvalue weighted by atomic mass is 16.5. The van der Waals surface area contributed by atoms with Gasteiger partial charge in [0, 0.05) is 59.6 Å². The van der Waals surface area contributed by atoms with Gasteiger partial charge in [-0.25, -0.2) is 4.98 Å². The molecular weight excluding hydrogens is 352 g/mol.